The second kappa shape index (κ2) is 6.13. The molecule has 0 radical (unpaired) electrons. The Bertz CT molecular complexity index is 1170. The summed E-state index contributed by atoms with van der Waals surface area (Å²) >= 11 is 1.88. The number of fused-ring (bicyclic) bond motifs is 6. The largest absolute Gasteiger partial charge is 0.294 e. The van der Waals surface area contributed by atoms with Gasteiger partial charge in [0.1, 0.15) is 0 Å². The topological polar surface area (TPSA) is 16.1 Å². The standard InChI is InChI=1S/C25H24N2S/c1-25(15-17-11-13-27(25)14-12-17)18-9-10-22(26-16-18)21-7-4-6-20-19-5-2-3-8-23(19)28-24(20)21/h2-10,16-17H,11-15H2,1H3/t25-/m1/s1. The molecule has 2 nitrogen and oxygen atoms in total. The van der Waals surface area contributed by atoms with Gasteiger partial charge in [0.05, 0.1) is 5.69 Å². The number of aromatic nitrogens is 1. The highest BCUT2D eigenvalue weighted by atomic mass is 32.1. The zero-order valence-electron chi connectivity index (χ0n) is 16.2. The van der Waals surface area contributed by atoms with Crippen LogP contribution in [0.2, 0.25) is 0 Å². The van der Waals surface area contributed by atoms with Crippen LogP contribution in [-0.2, 0) is 5.54 Å². The van der Waals surface area contributed by atoms with Crippen LogP contribution in [0.3, 0.4) is 0 Å². The summed E-state index contributed by atoms with van der Waals surface area (Å²) in [5.74, 6) is 0.891. The number of nitrogens with zero attached hydrogens (tertiary/aromatic N) is 2. The minimum atomic E-state index is 0.163. The van der Waals surface area contributed by atoms with Crippen LogP contribution >= 0.6 is 11.3 Å². The van der Waals surface area contributed by atoms with Crippen LogP contribution in [0, 0.1) is 5.92 Å². The minimum absolute atomic E-state index is 0.163. The van der Waals surface area contributed by atoms with Crippen molar-refractivity contribution >= 4 is 31.5 Å². The average Bonchev–Trinajstić information content (AvgIpc) is 3.13. The molecule has 1 atom stereocenters. The van der Waals surface area contributed by atoms with Gasteiger partial charge < -0.3 is 0 Å². The van der Waals surface area contributed by atoms with Gasteiger partial charge in [-0.05, 0) is 62.9 Å². The van der Waals surface area contributed by atoms with E-state index in [1.54, 1.807) is 0 Å². The van der Waals surface area contributed by atoms with Crippen molar-refractivity contribution in [3.63, 3.8) is 0 Å². The Hall–Kier alpha value is -2.23. The van der Waals surface area contributed by atoms with Crippen molar-refractivity contribution in [1.82, 2.24) is 9.88 Å². The van der Waals surface area contributed by atoms with E-state index >= 15 is 0 Å². The van der Waals surface area contributed by atoms with Crippen LogP contribution in [0.5, 0.6) is 0 Å². The Morgan fingerprint density at radius 1 is 0.964 bits per heavy atom. The molecule has 0 spiro atoms. The molecule has 140 valence electrons. The summed E-state index contributed by atoms with van der Waals surface area (Å²) in [6, 6.07) is 19.9. The van der Waals surface area contributed by atoms with Gasteiger partial charge in [-0.25, -0.2) is 0 Å². The summed E-state index contributed by atoms with van der Waals surface area (Å²) in [7, 11) is 0. The highest BCUT2D eigenvalue weighted by Gasteiger charge is 2.43. The molecule has 0 amide bonds. The fourth-order valence-electron chi connectivity index (χ4n) is 5.44. The number of benzene rings is 2. The second-order valence-electron chi connectivity index (χ2n) is 8.62. The molecular formula is C25H24N2S. The SMILES string of the molecule is C[C@]1(c2ccc(-c3cccc4c3sc3ccccc34)nc2)CC2CCN1CC2. The third-order valence-corrected chi connectivity index (χ3v) is 8.28. The Kier molecular flexibility index (Phi) is 3.66. The number of thiophene rings is 1. The van der Waals surface area contributed by atoms with E-state index in [1.807, 2.05) is 11.3 Å². The average molecular weight is 385 g/mol. The van der Waals surface area contributed by atoms with Crippen molar-refractivity contribution in [3.05, 3.63) is 66.4 Å². The molecule has 2 bridgehead atoms. The van der Waals surface area contributed by atoms with E-state index in [2.05, 4.69) is 72.6 Å². The Balaban J connectivity index is 1.43. The molecule has 3 heteroatoms. The Morgan fingerprint density at radius 2 is 1.79 bits per heavy atom. The Morgan fingerprint density at radius 3 is 2.54 bits per heavy atom. The van der Waals surface area contributed by atoms with Crippen molar-refractivity contribution in [1.29, 1.82) is 0 Å². The lowest BCUT2D eigenvalue weighted by molar-refractivity contribution is -0.0216. The van der Waals surface area contributed by atoms with Crippen LogP contribution in [-0.4, -0.2) is 23.0 Å². The molecule has 0 unspecified atom stereocenters. The molecule has 4 aromatic rings. The predicted molar refractivity (Wildman–Crippen MR) is 119 cm³/mol. The third kappa shape index (κ3) is 2.39. The van der Waals surface area contributed by atoms with Crippen molar-refractivity contribution in [2.75, 3.05) is 13.1 Å². The number of piperidine rings is 3. The molecule has 0 saturated carbocycles. The van der Waals surface area contributed by atoms with Gasteiger partial charge in [0.15, 0.2) is 0 Å². The lowest BCUT2D eigenvalue weighted by Crippen LogP contribution is -2.54. The zero-order valence-corrected chi connectivity index (χ0v) is 17.0. The zero-order chi connectivity index (χ0) is 18.7. The molecule has 3 aliphatic heterocycles. The van der Waals surface area contributed by atoms with Crippen molar-refractivity contribution in [3.8, 4) is 11.3 Å². The molecule has 2 aromatic heterocycles. The lowest BCUT2D eigenvalue weighted by Gasteiger charge is -2.53. The van der Waals surface area contributed by atoms with Crippen LogP contribution < -0.4 is 0 Å². The summed E-state index contributed by atoms with van der Waals surface area (Å²) in [5, 5.41) is 2.69. The van der Waals surface area contributed by atoms with Crippen LogP contribution in [0.1, 0.15) is 31.7 Å². The van der Waals surface area contributed by atoms with Crippen molar-refractivity contribution < 1.29 is 0 Å². The molecule has 0 aliphatic carbocycles. The van der Waals surface area contributed by atoms with Gasteiger partial charge in [-0.2, -0.15) is 0 Å². The van der Waals surface area contributed by atoms with E-state index in [0.717, 1.165) is 11.6 Å². The van der Waals surface area contributed by atoms with Crippen LogP contribution in [0.15, 0.2) is 60.8 Å². The Labute approximate surface area is 169 Å². The summed E-state index contributed by atoms with van der Waals surface area (Å²) < 4.78 is 2.69. The maximum absolute atomic E-state index is 4.95. The van der Waals surface area contributed by atoms with Gasteiger partial charge in [-0.3, -0.25) is 9.88 Å². The van der Waals surface area contributed by atoms with E-state index in [9.17, 15) is 0 Å². The first kappa shape index (κ1) is 16.7. The van der Waals surface area contributed by atoms with E-state index in [-0.39, 0.29) is 5.54 Å². The molecule has 28 heavy (non-hydrogen) atoms. The van der Waals surface area contributed by atoms with Gasteiger partial charge in [0.2, 0.25) is 0 Å². The summed E-state index contributed by atoms with van der Waals surface area (Å²) in [6.45, 7) is 4.90. The molecule has 3 aliphatic rings. The molecule has 0 N–H and O–H groups in total. The second-order valence-corrected chi connectivity index (χ2v) is 9.67. The number of hydrogen-bond donors (Lipinski definition) is 0. The van der Waals surface area contributed by atoms with E-state index in [4.69, 9.17) is 4.98 Å². The molecular weight excluding hydrogens is 360 g/mol. The van der Waals surface area contributed by atoms with Gasteiger partial charge in [-0.15, -0.1) is 11.3 Å². The quantitative estimate of drug-likeness (QED) is 0.395. The number of pyridine rings is 1. The van der Waals surface area contributed by atoms with E-state index in [0.29, 0.717) is 0 Å². The first-order chi connectivity index (χ1) is 13.7. The third-order valence-electron chi connectivity index (χ3n) is 7.06. The highest BCUT2D eigenvalue weighted by molar-refractivity contribution is 7.26. The van der Waals surface area contributed by atoms with Crippen LogP contribution in [0.25, 0.3) is 31.4 Å². The van der Waals surface area contributed by atoms with E-state index < -0.39 is 0 Å². The fraction of sp³-hybridized carbons (Fsp3) is 0.320. The smallest absolute Gasteiger partial charge is 0.0716 e. The van der Waals surface area contributed by atoms with Gasteiger partial charge in [0, 0.05) is 37.5 Å². The number of hydrogen-bond acceptors (Lipinski definition) is 3. The molecule has 5 heterocycles. The van der Waals surface area contributed by atoms with Gasteiger partial charge in [0.25, 0.3) is 0 Å². The molecule has 2 aromatic carbocycles. The lowest BCUT2D eigenvalue weighted by atomic mass is 9.72. The van der Waals surface area contributed by atoms with Crippen molar-refractivity contribution in [2.45, 2.75) is 31.7 Å². The van der Waals surface area contributed by atoms with E-state index in [1.165, 1.54) is 63.7 Å². The van der Waals surface area contributed by atoms with Crippen molar-refractivity contribution in [2.24, 2.45) is 5.92 Å². The predicted octanol–water partition coefficient (Wildman–Crippen LogP) is 6.45. The van der Waals surface area contributed by atoms with Gasteiger partial charge >= 0.3 is 0 Å². The summed E-state index contributed by atoms with van der Waals surface area (Å²) in [4.78, 5) is 7.63. The summed E-state index contributed by atoms with van der Waals surface area (Å²) in [6.07, 6.45) is 6.16. The summed E-state index contributed by atoms with van der Waals surface area (Å²) in [5.41, 5.74) is 3.88. The maximum Gasteiger partial charge on any atom is 0.0716 e. The first-order valence-electron chi connectivity index (χ1n) is 10.3. The molecule has 3 fully saturated rings. The fourth-order valence-corrected chi connectivity index (χ4v) is 6.67. The molecule has 3 saturated heterocycles. The number of rotatable bonds is 2. The first-order valence-corrected chi connectivity index (χ1v) is 11.2. The van der Waals surface area contributed by atoms with Crippen LogP contribution in [0.4, 0.5) is 0 Å². The maximum atomic E-state index is 4.95. The minimum Gasteiger partial charge on any atom is -0.294 e. The highest BCUT2D eigenvalue weighted by Crippen LogP contribution is 2.45. The van der Waals surface area contributed by atoms with Gasteiger partial charge in [-0.1, -0.05) is 42.5 Å². The molecule has 7 rings (SSSR count). The monoisotopic (exact) mass is 384 g/mol. The normalized spacial score (nSPS) is 26.9.